The minimum absolute atomic E-state index is 0.564. The van der Waals surface area contributed by atoms with E-state index >= 15 is 0 Å². The molecule has 1 aliphatic heterocycles. The smallest absolute Gasteiger partial charge is 0.102 e. The SMILES string of the molecule is C=C.C=C(C)/C(C)=C(N=C(C)N1CCCC(C(=C)C)C1)/C(=C\C)c1ccccc1.CCc1ccncc1. The van der Waals surface area contributed by atoms with Gasteiger partial charge in [-0.15, -0.1) is 13.2 Å². The van der Waals surface area contributed by atoms with Gasteiger partial charge in [0.25, 0.3) is 0 Å². The first kappa shape index (κ1) is 31.6. The van der Waals surface area contributed by atoms with E-state index in [2.05, 4.69) is 108 Å². The lowest BCUT2D eigenvalue weighted by Crippen LogP contribution is -2.39. The van der Waals surface area contributed by atoms with Gasteiger partial charge in [0.2, 0.25) is 0 Å². The van der Waals surface area contributed by atoms with Gasteiger partial charge in [0.15, 0.2) is 0 Å². The Morgan fingerprint density at radius 2 is 1.65 bits per heavy atom. The number of rotatable bonds is 6. The van der Waals surface area contributed by atoms with Gasteiger partial charge >= 0.3 is 0 Å². The van der Waals surface area contributed by atoms with Crippen LogP contribution < -0.4 is 0 Å². The molecule has 1 fully saturated rings. The van der Waals surface area contributed by atoms with Crippen LogP contribution >= 0.6 is 0 Å². The van der Waals surface area contributed by atoms with Crippen LogP contribution in [0.15, 0.2) is 115 Å². The van der Waals surface area contributed by atoms with Gasteiger partial charge < -0.3 is 4.90 Å². The van der Waals surface area contributed by atoms with E-state index < -0.39 is 0 Å². The molecule has 37 heavy (non-hydrogen) atoms. The molecule has 1 saturated heterocycles. The summed E-state index contributed by atoms with van der Waals surface area (Å²) in [5, 5.41) is 0. The summed E-state index contributed by atoms with van der Waals surface area (Å²) < 4.78 is 0. The van der Waals surface area contributed by atoms with E-state index in [0.717, 1.165) is 47.8 Å². The number of nitrogens with zero attached hydrogens (tertiary/aromatic N) is 3. The van der Waals surface area contributed by atoms with E-state index in [1.165, 1.54) is 29.5 Å². The molecule has 198 valence electrons. The van der Waals surface area contributed by atoms with Crippen LogP contribution in [-0.4, -0.2) is 28.8 Å². The Labute approximate surface area is 226 Å². The summed E-state index contributed by atoms with van der Waals surface area (Å²) in [5.41, 5.74) is 8.18. The number of allylic oxidation sites excluding steroid dienone is 4. The minimum Gasteiger partial charge on any atom is -0.360 e. The van der Waals surface area contributed by atoms with Gasteiger partial charge in [0.1, 0.15) is 5.84 Å². The molecule has 3 rings (SSSR count). The third kappa shape index (κ3) is 10.2. The topological polar surface area (TPSA) is 28.5 Å². The molecule has 2 heterocycles. The number of amidine groups is 1. The molecule has 3 nitrogen and oxygen atoms in total. The number of aryl methyl sites for hydroxylation is 1. The molecular weight excluding hydrogens is 450 g/mol. The molecule has 1 unspecified atom stereocenters. The summed E-state index contributed by atoms with van der Waals surface area (Å²) in [5.74, 6) is 1.64. The maximum absolute atomic E-state index is 5.13. The fourth-order valence-electron chi connectivity index (χ4n) is 4.13. The first-order valence-corrected chi connectivity index (χ1v) is 13.2. The highest BCUT2D eigenvalue weighted by atomic mass is 15.2. The van der Waals surface area contributed by atoms with Crippen molar-refractivity contribution in [3.05, 3.63) is 121 Å². The van der Waals surface area contributed by atoms with Crippen molar-refractivity contribution in [1.29, 1.82) is 0 Å². The van der Waals surface area contributed by atoms with Crippen LogP contribution in [0.3, 0.4) is 0 Å². The van der Waals surface area contributed by atoms with Crippen molar-refractivity contribution in [1.82, 2.24) is 9.88 Å². The highest BCUT2D eigenvalue weighted by Crippen LogP contribution is 2.30. The Kier molecular flexibility index (Phi) is 14.6. The van der Waals surface area contributed by atoms with E-state index in [1.54, 1.807) is 0 Å². The zero-order valence-corrected chi connectivity index (χ0v) is 24.1. The lowest BCUT2D eigenvalue weighted by Gasteiger charge is -2.34. The molecule has 1 aromatic heterocycles. The van der Waals surface area contributed by atoms with E-state index in [4.69, 9.17) is 4.99 Å². The largest absolute Gasteiger partial charge is 0.360 e. The highest BCUT2D eigenvalue weighted by molar-refractivity contribution is 5.87. The summed E-state index contributed by atoms with van der Waals surface area (Å²) in [7, 11) is 0. The fraction of sp³-hybridized carbons (Fsp3) is 0.353. The number of aliphatic imine (C=N–C) groups is 1. The van der Waals surface area contributed by atoms with Gasteiger partial charge in [0.05, 0.1) is 5.70 Å². The van der Waals surface area contributed by atoms with Crippen LogP contribution in [0.2, 0.25) is 0 Å². The second-order valence-corrected chi connectivity index (χ2v) is 9.32. The van der Waals surface area contributed by atoms with E-state index in [1.807, 2.05) is 30.6 Å². The number of pyridine rings is 1. The fourth-order valence-corrected chi connectivity index (χ4v) is 4.13. The van der Waals surface area contributed by atoms with Gasteiger partial charge in [0, 0.05) is 31.1 Å². The maximum atomic E-state index is 5.13. The summed E-state index contributed by atoms with van der Waals surface area (Å²) in [6, 6.07) is 14.5. The second-order valence-electron chi connectivity index (χ2n) is 9.32. The second kappa shape index (κ2) is 17.1. The molecule has 1 aliphatic rings. The van der Waals surface area contributed by atoms with Crippen LogP contribution in [-0.2, 0) is 6.42 Å². The van der Waals surface area contributed by atoms with Crippen molar-refractivity contribution in [2.75, 3.05) is 13.1 Å². The number of hydrogen-bond acceptors (Lipinski definition) is 2. The molecule has 0 aliphatic carbocycles. The zero-order chi connectivity index (χ0) is 27.8. The first-order chi connectivity index (χ1) is 17.8. The van der Waals surface area contributed by atoms with Gasteiger partial charge in [-0.1, -0.05) is 67.6 Å². The van der Waals surface area contributed by atoms with Crippen LogP contribution in [0, 0.1) is 5.92 Å². The molecule has 0 saturated carbocycles. The Morgan fingerprint density at radius 3 is 2.14 bits per heavy atom. The van der Waals surface area contributed by atoms with Crippen molar-refractivity contribution in [2.24, 2.45) is 10.9 Å². The number of benzene rings is 1. The number of aromatic nitrogens is 1. The van der Waals surface area contributed by atoms with Crippen LogP contribution in [0.1, 0.15) is 65.5 Å². The molecular formula is C34H47N3. The maximum Gasteiger partial charge on any atom is 0.102 e. The lowest BCUT2D eigenvalue weighted by atomic mass is 9.92. The van der Waals surface area contributed by atoms with Gasteiger partial charge in [-0.05, 0) is 88.6 Å². The number of piperidine rings is 1. The van der Waals surface area contributed by atoms with E-state index in [-0.39, 0.29) is 0 Å². The Balaban J connectivity index is 0.000000574. The average molecular weight is 498 g/mol. The molecule has 0 N–H and O–H groups in total. The van der Waals surface area contributed by atoms with Crippen molar-refractivity contribution >= 4 is 11.4 Å². The molecule has 0 spiro atoms. The van der Waals surface area contributed by atoms with Crippen molar-refractivity contribution in [3.63, 3.8) is 0 Å². The van der Waals surface area contributed by atoms with Gasteiger partial charge in [-0.3, -0.25) is 4.98 Å². The Morgan fingerprint density at radius 1 is 1.03 bits per heavy atom. The standard InChI is InChI=1S/C25H34N2.C7H9N.C2H4/c1-8-24(22-13-10-9-11-14-22)25(20(6)18(2)3)26-21(7)27-16-12-15-23(17-27)19(4)5;1-2-7-3-5-8-6-4-7;1-2/h8-11,13-14,23H,2,4,12,15-17H2,1,3,5-7H3;3-6H,2H2,1H3;1-2H2/b24-8-,25-20-,26-21?;;. The molecule has 0 bridgehead atoms. The Bertz CT molecular complexity index is 1070. The molecule has 0 amide bonds. The minimum atomic E-state index is 0.564. The van der Waals surface area contributed by atoms with Crippen LogP contribution in [0.5, 0.6) is 0 Å². The van der Waals surface area contributed by atoms with Gasteiger partial charge in [-0.25, -0.2) is 4.99 Å². The third-order valence-corrected chi connectivity index (χ3v) is 6.63. The first-order valence-electron chi connectivity index (χ1n) is 13.2. The number of hydrogen-bond donors (Lipinski definition) is 0. The lowest BCUT2D eigenvalue weighted by molar-refractivity contribution is 0.283. The third-order valence-electron chi connectivity index (χ3n) is 6.63. The predicted molar refractivity (Wildman–Crippen MR) is 165 cm³/mol. The summed E-state index contributed by atoms with van der Waals surface area (Å²) in [6.45, 7) is 29.1. The summed E-state index contributed by atoms with van der Waals surface area (Å²) >= 11 is 0. The molecule has 1 aromatic carbocycles. The Hall–Kier alpha value is -3.46. The molecule has 3 heteroatoms. The van der Waals surface area contributed by atoms with E-state index in [9.17, 15) is 0 Å². The quantitative estimate of drug-likeness (QED) is 0.172. The van der Waals surface area contributed by atoms with Crippen molar-refractivity contribution in [2.45, 2.75) is 60.8 Å². The van der Waals surface area contributed by atoms with Crippen molar-refractivity contribution < 1.29 is 0 Å². The predicted octanol–water partition coefficient (Wildman–Crippen LogP) is 9.09. The number of likely N-dealkylation sites (tertiary alicyclic amines) is 1. The highest BCUT2D eigenvalue weighted by Gasteiger charge is 2.22. The van der Waals surface area contributed by atoms with Crippen molar-refractivity contribution in [3.8, 4) is 0 Å². The molecule has 2 aromatic rings. The molecule has 0 radical (unpaired) electrons. The normalized spacial score (nSPS) is 16.4. The monoisotopic (exact) mass is 497 g/mol. The average Bonchev–Trinajstić information content (AvgIpc) is 2.94. The van der Waals surface area contributed by atoms with Crippen LogP contribution in [0.25, 0.3) is 5.57 Å². The summed E-state index contributed by atoms with van der Waals surface area (Å²) in [6.07, 6.45) is 9.32. The summed E-state index contributed by atoms with van der Waals surface area (Å²) in [4.78, 5) is 11.4. The van der Waals surface area contributed by atoms with Crippen LogP contribution in [0.4, 0.5) is 0 Å². The van der Waals surface area contributed by atoms with E-state index in [0.29, 0.717) is 5.92 Å². The molecule has 1 atom stereocenters. The van der Waals surface area contributed by atoms with Gasteiger partial charge in [-0.2, -0.15) is 0 Å². The zero-order valence-electron chi connectivity index (χ0n) is 24.1.